The second-order valence-corrected chi connectivity index (χ2v) is 8.17. The summed E-state index contributed by atoms with van der Waals surface area (Å²) < 4.78 is 10.7. The number of para-hydroxylation sites is 2. The molecule has 8 heteroatoms. The number of rotatable bonds is 5. The number of esters is 1. The molecule has 0 saturated carbocycles. The number of hydrogen-bond acceptors (Lipinski definition) is 7. The lowest BCUT2D eigenvalue weighted by atomic mass is 9.91. The van der Waals surface area contributed by atoms with Gasteiger partial charge in [-0.2, -0.15) is 0 Å². The van der Waals surface area contributed by atoms with Crippen LogP contribution in [0.1, 0.15) is 24.1 Å². The first-order valence-corrected chi connectivity index (χ1v) is 11.3. The Morgan fingerprint density at radius 1 is 1.06 bits per heavy atom. The van der Waals surface area contributed by atoms with E-state index in [1.165, 1.54) is 0 Å². The maximum Gasteiger partial charge on any atom is 0.321 e. The van der Waals surface area contributed by atoms with Crippen LogP contribution in [-0.2, 0) is 14.3 Å². The van der Waals surface area contributed by atoms with E-state index >= 15 is 0 Å². The molecule has 0 spiro atoms. The van der Waals surface area contributed by atoms with E-state index in [4.69, 9.17) is 14.5 Å². The summed E-state index contributed by atoms with van der Waals surface area (Å²) in [5.74, 6) is -0.594. The smallest absolute Gasteiger partial charge is 0.321 e. The maximum atomic E-state index is 13.0. The molecule has 4 rings (SSSR count). The molecule has 1 fully saturated rings. The Kier molecular flexibility index (Phi) is 6.82. The van der Waals surface area contributed by atoms with Gasteiger partial charge >= 0.3 is 5.97 Å². The summed E-state index contributed by atoms with van der Waals surface area (Å²) in [4.78, 5) is 34.8. The summed E-state index contributed by atoms with van der Waals surface area (Å²) in [6.45, 7) is 6.82. The summed E-state index contributed by atoms with van der Waals surface area (Å²) in [5, 5.41) is 2.86. The zero-order valence-electron chi connectivity index (χ0n) is 19.3. The second-order valence-electron chi connectivity index (χ2n) is 8.17. The molecule has 2 aliphatic rings. The van der Waals surface area contributed by atoms with E-state index in [2.05, 4.69) is 15.1 Å². The van der Waals surface area contributed by atoms with Crippen molar-refractivity contribution in [1.82, 2.24) is 10.2 Å². The van der Waals surface area contributed by atoms with Gasteiger partial charge in [0.15, 0.2) is 5.92 Å². The highest BCUT2D eigenvalue weighted by Crippen LogP contribution is 2.32. The van der Waals surface area contributed by atoms with Crippen molar-refractivity contribution in [3.8, 4) is 5.75 Å². The fourth-order valence-corrected chi connectivity index (χ4v) is 4.28. The fraction of sp³-hybridized carbons (Fsp3) is 0.400. The predicted molar refractivity (Wildman–Crippen MR) is 126 cm³/mol. The number of aliphatic imine (C=N–C) groups is 1. The first-order valence-electron chi connectivity index (χ1n) is 11.3. The number of hydrogen-bond donors (Lipinski definition) is 1. The normalized spacial score (nSPS) is 20.7. The third-order valence-corrected chi connectivity index (χ3v) is 6.06. The zero-order chi connectivity index (χ0) is 23.4. The lowest BCUT2D eigenvalue weighted by molar-refractivity contribution is -0.153. The van der Waals surface area contributed by atoms with Crippen molar-refractivity contribution in [1.29, 1.82) is 0 Å². The standard InChI is InChI=1S/C25H30N4O4/c1-4-33-24(31)21-22(18-11-9-17(2)10-12-18)26-25(27-23(21)30)29-15-13-28(14-16-29)19-7-5-6-8-20(19)32-3/h5-12,21-22H,4,13-16H2,1-3H3,(H,26,27,30)/t21-,22-/m1/s1. The summed E-state index contributed by atoms with van der Waals surface area (Å²) in [6, 6.07) is 15.1. The molecule has 8 nitrogen and oxygen atoms in total. The van der Waals surface area contributed by atoms with E-state index in [-0.39, 0.29) is 12.5 Å². The first kappa shape index (κ1) is 22.6. The van der Waals surface area contributed by atoms with Gasteiger partial charge in [-0.15, -0.1) is 0 Å². The number of benzene rings is 2. The number of nitrogens with one attached hydrogen (secondary N) is 1. The molecule has 1 saturated heterocycles. The highest BCUT2D eigenvalue weighted by Gasteiger charge is 2.42. The molecule has 2 aromatic rings. The molecule has 1 amide bonds. The zero-order valence-corrected chi connectivity index (χ0v) is 19.3. The van der Waals surface area contributed by atoms with Gasteiger partial charge in [-0.05, 0) is 31.5 Å². The molecular formula is C25H30N4O4. The number of nitrogens with zero attached hydrogens (tertiary/aromatic N) is 3. The molecule has 0 aromatic heterocycles. The van der Waals surface area contributed by atoms with Crippen LogP contribution in [0.25, 0.3) is 0 Å². The Morgan fingerprint density at radius 3 is 2.39 bits per heavy atom. The van der Waals surface area contributed by atoms with Crippen molar-refractivity contribution in [2.75, 3.05) is 44.8 Å². The molecule has 2 aliphatic heterocycles. The second kappa shape index (κ2) is 9.94. The summed E-state index contributed by atoms with van der Waals surface area (Å²) in [6.07, 6.45) is 0. The van der Waals surface area contributed by atoms with Gasteiger partial charge in [-0.25, -0.2) is 4.99 Å². The number of methoxy groups -OCH3 is 1. The number of aryl methyl sites for hydroxylation is 1. The van der Waals surface area contributed by atoms with E-state index in [0.717, 1.165) is 35.7 Å². The van der Waals surface area contributed by atoms with Gasteiger partial charge in [0.25, 0.3) is 0 Å². The molecular weight excluding hydrogens is 420 g/mol. The van der Waals surface area contributed by atoms with Crippen molar-refractivity contribution in [3.63, 3.8) is 0 Å². The van der Waals surface area contributed by atoms with Crippen molar-refractivity contribution in [2.24, 2.45) is 10.9 Å². The molecule has 174 valence electrons. The summed E-state index contributed by atoms with van der Waals surface area (Å²) in [7, 11) is 1.67. The topological polar surface area (TPSA) is 83.5 Å². The molecule has 1 N–H and O–H groups in total. The Balaban J connectivity index is 1.56. The maximum absolute atomic E-state index is 13.0. The van der Waals surface area contributed by atoms with Gasteiger partial charge in [0.1, 0.15) is 11.8 Å². The average Bonchev–Trinajstić information content (AvgIpc) is 2.84. The first-order chi connectivity index (χ1) is 16.0. The van der Waals surface area contributed by atoms with Crippen LogP contribution in [0.4, 0.5) is 5.69 Å². The van der Waals surface area contributed by atoms with Gasteiger partial charge in [0.2, 0.25) is 11.9 Å². The molecule has 0 unspecified atom stereocenters. The highest BCUT2D eigenvalue weighted by atomic mass is 16.5. The minimum absolute atomic E-state index is 0.213. The van der Waals surface area contributed by atoms with Crippen LogP contribution in [0.3, 0.4) is 0 Å². The quantitative estimate of drug-likeness (QED) is 0.557. The van der Waals surface area contributed by atoms with Crippen LogP contribution >= 0.6 is 0 Å². The van der Waals surface area contributed by atoms with E-state index < -0.39 is 17.9 Å². The third-order valence-electron chi connectivity index (χ3n) is 6.06. The number of carbonyl (C=O) groups is 2. The number of carbonyl (C=O) groups excluding carboxylic acids is 2. The van der Waals surface area contributed by atoms with Crippen molar-refractivity contribution < 1.29 is 19.1 Å². The lowest BCUT2D eigenvalue weighted by Crippen LogP contribution is -2.57. The monoisotopic (exact) mass is 450 g/mol. The van der Waals surface area contributed by atoms with E-state index in [1.54, 1.807) is 14.0 Å². The van der Waals surface area contributed by atoms with Crippen LogP contribution in [-0.4, -0.2) is 62.6 Å². The van der Waals surface area contributed by atoms with Crippen LogP contribution in [0, 0.1) is 12.8 Å². The van der Waals surface area contributed by atoms with Gasteiger partial charge in [0.05, 0.1) is 19.4 Å². The number of anilines is 1. The number of amides is 1. The Hall–Kier alpha value is -3.55. The van der Waals surface area contributed by atoms with Crippen molar-refractivity contribution in [3.05, 3.63) is 59.7 Å². The van der Waals surface area contributed by atoms with Crippen molar-refractivity contribution >= 4 is 23.5 Å². The minimum Gasteiger partial charge on any atom is -0.495 e. The number of guanidine groups is 1. The average molecular weight is 451 g/mol. The molecule has 0 radical (unpaired) electrons. The molecule has 2 heterocycles. The number of piperazine rings is 1. The lowest BCUT2D eigenvalue weighted by Gasteiger charge is -2.40. The van der Waals surface area contributed by atoms with Gasteiger partial charge in [0, 0.05) is 26.2 Å². The Bertz CT molecular complexity index is 1030. The van der Waals surface area contributed by atoms with Gasteiger partial charge in [-0.3, -0.25) is 14.9 Å². The van der Waals surface area contributed by atoms with Crippen LogP contribution in [0.5, 0.6) is 5.75 Å². The Labute approximate surface area is 194 Å². The SMILES string of the molecule is CCOC(=O)[C@H]1C(=O)NC(N2CCN(c3ccccc3OC)CC2)=N[C@@H]1c1ccc(C)cc1. The van der Waals surface area contributed by atoms with E-state index in [9.17, 15) is 9.59 Å². The van der Waals surface area contributed by atoms with E-state index in [1.807, 2.05) is 55.5 Å². The largest absolute Gasteiger partial charge is 0.495 e. The number of ether oxygens (including phenoxy) is 2. The van der Waals surface area contributed by atoms with Crippen LogP contribution in [0.15, 0.2) is 53.5 Å². The van der Waals surface area contributed by atoms with Crippen LogP contribution < -0.4 is 15.0 Å². The highest BCUT2D eigenvalue weighted by molar-refractivity contribution is 6.08. The molecule has 0 bridgehead atoms. The Morgan fingerprint density at radius 2 is 1.73 bits per heavy atom. The van der Waals surface area contributed by atoms with Gasteiger partial charge in [-0.1, -0.05) is 42.0 Å². The van der Waals surface area contributed by atoms with Crippen LogP contribution in [0.2, 0.25) is 0 Å². The molecule has 33 heavy (non-hydrogen) atoms. The molecule has 2 aromatic carbocycles. The van der Waals surface area contributed by atoms with Crippen molar-refractivity contribution in [2.45, 2.75) is 19.9 Å². The fourth-order valence-electron chi connectivity index (χ4n) is 4.28. The summed E-state index contributed by atoms with van der Waals surface area (Å²) in [5.41, 5.74) is 2.97. The minimum atomic E-state index is -1.01. The predicted octanol–water partition coefficient (Wildman–Crippen LogP) is 2.53. The van der Waals surface area contributed by atoms with E-state index in [0.29, 0.717) is 19.0 Å². The van der Waals surface area contributed by atoms with Gasteiger partial charge < -0.3 is 19.3 Å². The molecule has 0 aliphatic carbocycles. The third kappa shape index (κ3) is 4.79. The molecule has 2 atom stereocenters. The summed E-state index contributed by atoms with van der Waals surface area (Å²) >= 11 is 0.